The summed E-state index contributed by atoms with van der Waals surface area (Å²) in [6, 6.07) is 6.65. The Kier molecular flexibility index (Phi) is 4.68. The van der Waals surface area contributed by atoms with Gasteiger partial charge in [0.25, 0.3) is 0 Å². The van der Waals surface area contributed by atoms with E-state index in [2.05, 4.69) is 30.5 Å². The maximum Gasteiger partial charge on any atom is 0.123 e. The first-order chi connectivity index (χ1) is 9.13. The third kappa shape index (κ3) is 4.48. The largest absolute Gasteiger partial charge is 0.309 e. The summed E-state index contributed by atoms with van der Waals surface area (Å²) < 4.78 is 15.0. The first kappa shape index (κ1) is 13.7. The van der Waals surface area contributed by atoms with E-state index in [4.69, 9.17) is 0 Å². The molecule has 19 heavy (non-hydrogen) atoms. The zero-order valence-electron chi connectivity index (χ0n) is 11.4. The van der Waals surface area contributed by atoms with Gasteiger partial charge in [-0.15, -0.1) is 0 Å². The fraction of sp³-hybridized carbons (Fsp3) is 0.400. The van der Waals surface area contributed by atoms with Crippen molar-refractivity contribution in [1.82, 2.24) is 15.1 Å². The molecule has 0 unspecified atom stereocenters. The van der Waals surface area contributed by atoms with E-state index in [1.807, 2.05) is 16.9 Å². The van der Waals surface area contributed by atoms with E-state index in [0.29, 0.717) is 12.5 Å². The summed E-state index contributed by atoms with van der Waals surface area (Å²) in [5.41, 5.74) is 2.10. The summed E-state index contributed by atoms with van der Waals surface area (Å²) in [6.45, 7) is 6.68. The number of nitrogens with one attached hydrogen (secondary N) is 1. The second-order valence-corrected chi connectivity index (χ2v) is 5.20. The fourth-order valence-electron chi connectivity index (χ4n) is 1.97. The fourth-order valence-corrected chi connectivity index (χ4v) is 1.97. The topological polar surface area (TPSA) is 29.9 Å². The molecule has 3 nitrogen and oxygen atoms in total. The van der Waals surface area contributed by atoms with Gasteiger partial charge in [0.2, 0.25) is 0 Å². The molecule has 2 aromatic rings. The molecule has 0 aliphatic rings. The van der Waals surface area contributed by atoms with Crippen LogP contribution in [0.2, 0.25) is 0 Å². The Morgan fingerprint density at radius 1 is 1.26 bits per heavy atom. The van der Waals surface area contributed by atoms with Crippen LogP contribution in [-0.4, -0.2) is 9.78 Å². The van der Waals surface area contributed by atoms with Gasteiger partial charge in [-0.05, 0) is 23.6 Å². The van der Waals surface area contributed by atoms with Gasteiger partial charge in [-0.1, -0.05) is 26.0 Å². The third-order valence-corrected chi connectivity index (χ3v) is 2.79. The Labute approximate surface area is 113 Å². The molecule has 1 aromatic carbocycles. The Bertz CT molecular complexity index is 520. The molecule has 0 saturated carbocycles. The molecule has 0 amide bonds. The lowest BCUT2D eigenvalue weighted by Crippen LogP contribution is -2.12. The second-order valence-electron chi connectivity index (χ2n) is 5.20. The average Bonchev–Trinajstić information content (AvgIpc) is 2.76. The van der Waals surface area contributed by atoms with E-state index < -0.39 is 0 Å². The normalized spacial score (nSPS) is 11.2. The zero-order chi connectivity index (χ0) is 13.7. The van der Waals surface area contributed by atoms with E-state index in [1.54, 1.807) is 12.1 Å². The molecule has 1 aromatic heterocycles. The van der Waals surface area contributed by atoms with Gasteiger partial charge in [0, 0.05) is 31.4 Å². The van der Waals surface area contributed by atoms with E-state index in [0.717, 1.165) is 24.2 Å². The molecule has 0 radical (unpaired) electrons. The second kappa shape index (κ2) is 6.48. The molecule has 0 spiro atoms. The Morgan fingerprint density at radius 2 is 2.05 bits per heavy atom. The van der Waals surface area contributed by atoms with Crippen molar-refractivity contribution in [3.63, 3.8) is 0 Å². The molecule has 102 valence electrons. The number of halogens is 1. The summed E-state index contributed by atoms with van der Waals surface area (Å²) in [5, 5.41) is 7.60. The lowest BCUT2D eigenvalue weighted by atomic mass is 10.2. The smallest absolute Gasteiger partial charge is 0.123 e. The Morgan fingerprint density at radius 3 is 2.79 bits per heavy atom. The third-order valence-electron chi connectivity index (χ3n) is 2.79. The van der Waals surface area contributed by atoms with E-state index in [-0.39, 0.29) is 5.82 Å². The Hall–Kier alpha value is -1.68. The summed E-state index contributed by atoms with van der Waals surface area (Å²) in [6.07, 6.45) is 3.93. The lowest BCUT2D eigenvalue weighted by Gasteiger charge is -2.04. The molecule has 0 saturated heterocycles. The zero-order valence-corrected chi connectivity index (χ0v) is 11.4. The Balaban J connectivity index is 1.81. The molecule has 4 heteroatoms. The molecule has 2 rings (SSSR count). The van der Waals surface area contributed by atoms with Gasteiger partial charge < -0.3 is 5.32 Å². The molecule has 0 aliphatic heterocycles. The minimum atomic E-state index is -0.191. The highest BCUT2D eigenvalue weighted by atomic mass is 19.1. The summed E-state index contributed by atoms with van der Waals surface area (Å²) >= 11 is 0. The van der Waals surface area contributed by atoms with Crippen molar-refractivity contribution in [2.45, 2.75) is 33.5 Å². The van der Waals surface area contributed by atoms with E-state index in [9.17, 15) is 4.39 Å². The van der Waals surface area contributed by atoms with Crippen LogP contribution in [0.4, 0.5) is 4.39 Å². The van der Waals surface area contributed by atoms with Crippen molar-refractivity contribution in [2.24, 2.45) is 5.92 Å². The van der Waals surface area contributed by atoms with Gasteiger partial charge in [0.1, 0.15) is 5.82 Å². The van der Waals surface area contributed by atoms with Gasteiger partial charge in [-0.2, -0.15) is 5.10 Å². The van der Waals surface area contributed by atoms with Gasteiger partial charge >= 0.3 is 0 Å². The van der Waals surface area contributed by atoms with Crippen molar-refractivity contribution in [2.75, 3.05) is 0 Å². The minimum absolute atomic E-state index is 0.191. The summed E-state index contributed by atoms with van der Waals surface area (Å²) in [7, 11) is 0. The molecular weight excluding hydrogens is 241 g/mol. The highest BCUT2D eigenvalue weighted by Crippen LogP contribution is 2.05. The van der Waals surface area contributed by atoms with Gasteiger partial charge in [-0.25, -0.2) is 4.39 Å². The van der Waals surface area contributed by atoms with Crippen LogP contribution in [0.15, 0.2) is 36.7 Å². The molecule has 0 atom stereocenters. The SMILES string of the molecule is CC(C)Cn1cc(CNCc2cccc(F)c2)cn1. The minimum Gasteiger partial charge on any atom is -0.309 e. The monoisotopic (exact) mass is 261 g/mol. The van der Waals surface area contributed by atoms with Crippen molar-refractivity contribution >= 4 is 0 Å². The molecule has 1 heterocycles. The first-order valence-corrected chi connectivity index (χ1v) is 6.60. The van der Waals surface area contributed by atoms with Crippen LogP contribution in [-0.2, 0) is 19.6 Å². The van der Waals surface area contributed by atoms with Crippen LogP contribution in [0.3, 0.4) is 0 Å². The maximum atomic E-state index is 13.0. The van der Waals surface area contributed by atoms with Crippen LogP contribution in [0, 0.1) is 11.7 Å². The first-order valence-electron chi connectivity index (χ1n) is 6.60. The van der Waals surface area contributed by atoms with Crippen LogP contribution in [0.1, 0.15) is 25.0 Å². The number of benzene rings is 1. The summed E-state index contributed by atoms with van der Waals surface area (Å²) in [5.74, 6) is 0.400. The highest BCUT2D eigenvalue weighted by molar-refractivity contribution is 5.16. The van der Waals surface area contributed by atoms with Crippen molar-refractivity contribution in [1.29, 1.82) is 0 Å². The number of hydrogen-bond donors (Lipinski definition) is 1. The van der Waals surface area contributed by atoms with Crippen LogP contribution >= 0.6 is 0 Å². The number of rotatable bonds is 6. The predicted octanol–water partition coefficient (Wildman–Crippen LogP) is 2.97. The number of nitrogens with zero attached hydrogens (tertiary/aromatic N) is 2. The maximum absolute atomic E-state index is 13.0. The quantitative estimate of drug-likeness (QED) is 0.866. The highest BCUT2D eigenvalue weighted by Gasteiger charge is 2.01. The number of aromatic nitrogens is 2. The standard InChI is InChI=1S/C15H20FN3/c1-12(2)10-19-11-14(9-18-19)8-17-7-13-4-3-5-15(16)6-13/h3-6,9,11-12,17H,7-8,10H2,1-2H3. The summed E-state index contributed by atoms with van der Waals surface area (Å²) in [4.78, 5) is 0. The molecule has 0 bridgehead atoms. The van der Waals surface area contributed by atoms with Crippen LogP contribution < -0.4 is 5.32 Å². The predicted molar refractivity (Wildman–Crippen MR) is 74.0 cm³/mol. The van der Waals surface area contributed by atoms with Crippen molar-refractivity contribution in [3.05, 3.63) is 53.6 Å². The number of hydrogen-bond acceptors (Lipinski definition) is 2. The van der Waals surface area contributed by atoms with Crippen molar-refractivity contribution in [3.8, 4) is 0 Å². The van der Waals surface area contributed by atoms with E-state index >= 15 is 0 Å². The molecular formula is C15H20FN3. The van der Waals surface area contributed by atoms with Gasteiger partial charge in [-0.3, -0.25) is 4.68 Å². The molecule has 0 fully saturated rings. The molecule has 0 aliphatic carbocycles. The van der Waals surface area contributed by atoms with Gasteiger partial charge in [0.15, 0.2) is 0 Å². The van der Waals surface area contributed by atoms with Crippen LogP contribution in [0.5, 0.6) is 0 Å². The average molecular weight is 261 g/mol. The van der Waals surface area contributed by atoms with Crippen LogP contribution in [0.25, 0.3) is 0 Å². The van der Waals surface area contributed by atoms with Crippen molar-refractivity contribution < 1.29 is 4.39 Å². The van der Waals surface area contributed by atoms with Gasteiger partial charge in [0.05, 0.1) is 6.20 Å². The molecule has 1 N–H and O–H groups in total. The van der Waals surface area contributed by atoms with E-state index in [1.165, 1.54) is 6.07 Å². The lowest BCUT2D eigenvalue weighted by molar-refractivity contribution is 0.482.